The van der Waals surface area contributed by atoms with E-state index < -0.39 is 12.1 Å². The Labute approximate surface area is 154 Å². The molecule has 0 fully saturated rings. The summed E-state index contributed by atoms with van der Waals surface area (Å²) in [6.45, 7) is 6.12. The third-order valence-electron chi connectivity index (χ3n) is 3.92. The summed E-state index contributed by atoms with van der Waals surface area (Å²) in [7, 11) is 0. The van der Waals surface area contributed by atoms with Crippen LogP contribution in [0.5, 0.6) is 5.75 Å². The van der Waals surface area contributed by atoms with E-state index in [1.807, 2.05) is 62.4 Å². The van der Waals surface area contributed by atoms with Crippen LogP contribution in [0.2, 0.25) is 0 Å². The summed E-state index contributed by atoms with van der Waals surface area (Å²) < 4.78 is 10.7. The molecule has 0 aliphatic rings. The molecule has 0 radical (unpaired) electrons. The normalized spacial score (nSPS) is 11.5. The standard InChI is InChI=1S/C21H25NO4/c1-15-8-10-18(11-9-15)14-22-21(24)17(3)26-20(23)12-13-25-19-7-5-4-6-16(19)2/h4-11,17H,12-14H2,1-3H3,(H,22,24)/t17-/m0/s1. The van der Waals surface area contributed by atoms with E-state index in [1.165, 1.54) is 0 Å². The number of carbonyl (C=O) groups excluding carboxylic acids is 2. The van der Waals surface area contributed by atoms with Gasteiger partial charge in [-0.15, -0.1) is 0 Å². The number of hydrogen-bond acceptors (Lipinski definition) is 4. The molecule has 1 N–H and O–H groups in total. The van der Waals surface area contributed by atoms with Gasteiger partial charge in [0.1, 0.15) is 5.75 Å². The molecule has 0 aliphatic carbocycles. The van der Waals surface area contributed by atoms with Crippen molar-refractivity contribution in [2.75, 3.05) is 6.61 Å². The van der Waals surface area contributed by atoms with E-state index in [4.69, 9.17) is 9.47 Å². The number of para-hydroxylation sites is 1. The Bertz CT molecular complexity index is 740. The fourth-order valence-corrected chi connectivity index (χ4v) is 2.31. The van der Waals surface area contributed by atoms with Crippen molar-refractivity contribution in [3.63, 3.8) is 0 Å². The van der Waals surface area contributed by atoms with Crippen LogP contribution in [0.1, 0.15) is 30.0 Å². The summed E-state index contributed by atoms with van der Waals surface area (Å²) in [5, 5.41) is 2.77. The largest absolute Gasteiger partial charge is 0.493 e. The first-order valence-corrected chi connectivity index (χ1v) is 8.67. The van der Waals surface area contributed by atoms with Gasteiger partial charge in [-0.25, -0.2) is 0 Å². The highest BCUT2D eigenvalue weighted by Gasteiger charge is 2.17. The Balaban J connectivity index is 1.69. The number of esters is 1. The van der Waals surface area contributed by atoms with Gasteiger partial charge in [0.05, 0.1) is 13.0 Å². The van der Waals surface area contributed by atoms with Crippen LogP contribution in [0.25, 0.3) is 0 Å². The van der Waals surface area contributed by atoms with Crippen LogP contribution in [-0.4, -0.2) is 24.6 Å². The average Bonchev–Trinajstić information content (AvgIpc) is 2.62. The topological polar surface area (TPSA) is 64.6 Å². The molecule has 5 nitrogen and oxygen atoms in total. The summed E-state index contributed by atoms with van der Waals surface area (Å²) >= 11 is 0. The maximum atomic E-state index is 12.0. The Morgan fingerprint density at radius 2 is 1.73 bits per heavy atom. The van der Waals surface area contributed by atoms with Gasteiger partial charge < -0.3 is 14.8 Å². The molecule has 0 unspecified atom stereocenters. The van der Waals surface area contributed by atoms with Crippen LogP contribution in [-0.2, 0) is 20.9 Å². The Hall–Kier alpha value is -2.82. The SMILES string of the molecule is Cc1ccc(CNC(=O)[C@H](C)OC(=O)CCOc2ccccc2C)cc1. The molecule has 2 aromatic carbocycles. The molecule has 0 bridgehead atoms. The number of ether oxygens (including phenoxy) is 2. The predicted molar refractivity (Wildman–Crippen MR) is 99.9 cm³/mol. The summed E-state index contributed by atoms with van der Waals surface area (Å²) in [5.74, 6) is -0.0421. The average molecular weight is 355 g/mol. The van der Waals surface area contributed by atoms with E-state index in [0.717, 1.165) is 22.4 Å². The molecule has 5 heteroatoms. The maximum Gasteiger partial charge on any atom is 0.310 e. The van der Waals surface area contributed by atoms with Crippen LogP contribution in [0.4, 0.5) is 0 Å². The van der Waals surface area contributed by atoms with E-state index in [9.17, 15) is 9.59 Å². The van der Waals surface area contributed by atoms with Crippen molar-refractivity contribution in [3.8, 4) is 5.75 Å². The van der Waals surface area contributed by atoms with Gasteiger partial charge >= 0.3 is 5.97 Å². The molecule has 2 aromatic rings. The van der Waals surface area contributed by atoms with Crippen LogP contribution in [0.3, 0.4) is 0 Å². The Morgan fingerprint density at radius 1 is 1.04 bits per heavy atom. The quantitative estimate of drug-likeness (QED) is 0.738. The number of carbonyl (C=O) groups is 2. The first kappa shape index (κ1) is 19.5. The molecular formula is C21H25NO4. The minimum absolute atomic E-state index is 0.0872. The van der Waals surface area contributed by atoms with Gasteiger partial charge in [-0.2, -0.15) is 0 Å². The third kappa shape index (κ3) is 6.24. The zero-order valence-electron chi connectivity index (χ0n) is 15.5. The maximum absolute atomic E-state index is 12.0. The van der Waals surface area contributed by atoms with E-state index >= 15 is 0 Å². The van der Waals surface area contributed by atoms with Crippen molar-refractivity contribution >= 4 is 11.9 Å². The zero-order valence-corrected chi connectivity index (χ0v) is 15.5. The van der Waals surface area contributed by atoms with Crippen molar-refractivity contribution in [2.24, 2.45) is 0 Å². The zero-order chi connectivity index (χ0) is 18.9. The lowest BCUT2D eigenvalue weighted by Crippen LogP contribution is -2.35. The van der Waals surface area contributed by atoms with Crippen LogP contribution >= 0.6 is 0 Å². The number of rotatable bonds is 8. The Kier molecular flexibility index (Phi) is 7.21. The van der Waals surface area contributed by atoms with Crippen molar-refractivity contribution in [1.29, 1.82) is 0 Å². The van der Waals surface area contributed by atoms with Gasteiger partial charge in [0.2, 0.25) is 0 Å². The van der Waals surface area contributed by atoms with Gasteiger partial charge in [0.25, 0.3) is 5.91 Å². The number of nitrogens with one attached hydrogen (secondary N) is 1. The molecule has 1 atom stereocenters. The second-order valence-electron chi connectivity index (χ2n) is 6.20. The van der Waals surface area contributed by atoms with E-state index in [0.29, 0.717) is 6.54 Å². The van der Waals surface area contributed by atoms with E-state index in [2.05, 4.69) is 5.32 Å². The van der Waals surface area contributed by atoms with Crippen LogP contribution in [0, 0.1) is 13.8 Å². The summed E-state index contributed by atoms with van der Waals surface area (Å²) in [6, 6.07) is 15.5. The fraction of sp³-hybridized carbons (Fsp3) is 0.333. The van der Waals surface area contributed by atoms with Gasteiger partial charge in [-0.3, -0.25) is 9.59 Å². The summed E-state index contributed by atoms with van der Waals surface area (Å²) in [6.07, 6.45) is -0.754. The van der Waals surface area contributed by atoms with E-state index in [1.54, 1.807) is 6.92 Å². The number of hydrogen-bond donors (Lipinski definition) is 1. The molecule has 1 amide bonds. The summed E-state index contributed by atoms with van der Waals surface area (Å²) in [4.78, 5) is 23.9. The predicted octanol–water partition coefficient (Wildman–Crippen LogP) is 3.32. The number of aryl methyl sites for hydroxylation is 2. The number of amides is 1. The Morgan fingerprint density at radius 3 is 2.42 bits per heavy atom. The molecule has 0 heterocycles. The smallest absolute Gasteiger partial charge is 0.310 e. The molecule has 0 spiro atoms. The molecule has 0 aliphatic heterocycles. The first-order chi connectivity index (χ1) is 12.5. The van der Waals surface area contributed by atoms with Gasteiger partial charge in [0.15, 0.2) is 6.10 Å². The van der Waals surface area contributed by atoms with Gasteiger partial charge in [-0.05, 0) is 38.0 Å². The van der Waals surface area contributed by atoms with Crippen molar-refractivity contribution in [1.82, 2.24) is 5.32 Å². The highest BCUT2D eigenvalue weighted by Crippen LogP contribution is 2.16. The monoisotopic (exact) mass is 355 g/mol. The molecule has 138 valence electrons. The van der Waals surface area contributed by atoms with Crippen molar-refractivity contribution in [3.05, 3.63) is 65.2 Å². The highest BCUT2D eigenvalue weighted by molar-refractivity contribution is 5.83. The third-order valence-corrected chi connectivity index (χ3v) is 3.92. The minimum atomic E-state index is -0.841. The lowest BCUT2D eigenvalue weighted by Gasteiger charge is -2.14. The van der Waals surface area contributed by atoms with Crippen molar-refractivity contribution in [2.45, 2.75) is 39.8 Å². The number of benzene rings is 2. The molecule has 0 aromatic heterocycles. The van der Waals surface area contributed by atoms with Gasteiger partial charge in [0, 0.05) is 6.54 Å². The fourth-order valence-electron chi connectivity index (χ4n) is 2.31. The molecule has 0 saturated heterocycles. The van der Waals surface area contributed by atoms with Crippen molar-refractivity contribution < 1.29 is 19.1 Å². The molecule has 26 heavy (non-hydrogen) atoms. The lowest BCUT2D eigenvalue weighted by atomic mass is 10.1. The minimum Gasteiger partial charge on any atom is -0.493 e. The highest BCUT2D eigenvalue weighted by atomic mass is 16.5. The first-order valence-electron chi connectivity index (χ1n) is 8.67. The summed E-state index contributed by atoms with van der Waals surface area (Å²) in [5.41, 5.74) is 3.16. The second-order valence-corrected chi connectivity index (χ2v) is 6.20. The van der Waals surface area contributed by atoms with Crippen LogP contribution < -0.4 is 10.1 Å². The van der Waals surface area contributed by atoms with Crippen LogP contribution in [0.15, 0.2) is 48.5 Å². The molecular weight excluding hydrogens is 330 g/mol. The lowest BCUT2D eigenvalue weighted by molar-refractivity contribution is -0.155. The molecule has 0 saturated carbocycles. The van der Waals surface area contributed by atoms with E-state index in [-0.39, 0.29) is 18.9 Å². The van der Waals surface area contributed by atoms with Gasteiger partial charge in [-0.1, -0.05) is 48.0 Å². The molecule has 2 rings (SSSR count). The second kappa shape index (κ2) is 9.61.